The fourth-order valence-corrected chi connectivity index (χ4v) is 4.34. The molecule has 0 amide bonds. The van der Waals surface area contributed by atoms with Gasteiger partial charge in [-0.25, -0.2) is 0 Å². The first-order valence-electron chi connectivity index (χ1n) is 6.39. The van der Waals surface area contributed by atoms with Crippen LogP contribution in [0.4, 0.5) is 0 Å². The van der Waals surface area contributed by atoms with Gasteiger partial charge in [0.1, 0.15) is 0 Å². The SMILES string of the molecule is C=P(C)(C)c1c(C(C)C)ccc2cc(C)ncc12. The number of hydrogen-bond acceptors (Lipinski definition) is 1. The van der Waals surface area contributed by atoms with E-state index in [9.17, 15) is 0 Å². The van der Waals surface area contributed by atoms with E-state index in [1.54, 1.807) is 0 Å². The van der Waals surface area contributed by atoms with Crippen LogP contribution in [0, 0.1) is 6.92 Å². The minimum Gasteiger partial charge on any atom is -0.261 e. The smallest absolute Gasteiger partial charge is 0.0379 e. The Balaban J connectivity index is 2.90. The standard InChI is InChI=1S/C16H22NP/c1-11(2)14-8-7-13-9-12(3)17-10-15(13)16(14)18(4,5)6/h7-11H,4H2,1-3,5-6H3. The molecule has 1 heterocycles. The molecule has 2 aromatic rings. The Labute approximate surface area is 110 Å². The topological polar surface area (TPSA) is 12.9 Å². The van der Waals surface area contributed by atoms with Gasteiger partial charge >= 0.3 is 0 Å². The molecule has 0 spiro atoms. The molecule has 0 atom stereocenters. The molecule has 0 fully saturated rings. The average molecular weight is 259 g/mol. The first-order valence-corrected chi connectivity index (χ1v) is 9.25. The molecule has 0 aliphatic heterocycles. The second-order valence-corrected chi connectivity index (χ2v) is 9.71. The second kappa shape index (κ2) is 4.55. The van der Waals surface area contributed by atoms with E-state index in [0.29, 0.717) is 5.92 Å². The van der Waals surface area contributed by atoms with Gasteiger partial charge in [0.05, 0.1) is 0 Å². The Morgan fingerprint density at radius 2 is 1.89 bits per heavy atom. The fraction of sp³-hybridized carbons (Fsp3) is 0.375. The van der Waals surface area contributed by atoms with Crippen molar-refractivity contribution in [2.24, 2.45) is 0 Å². The summed E-state index contributed by atoms with van der Waals surface area (Å²) in [6, 6.07) is 6.66. The van der Waals surface area contributed by atoms with E-state index in [0.717, 1.165) is 5.69 Å². The Kier molecular flexibility index (Phi) is 3.38. The molecular formula is C16H22NP. The van der Waals surface area contributed by atoms with Crippen molar-refractivity contribution in [3.8, 4) is 0 Å². The summed E-state index contributed by atoms with van der Waals surface area (Å²) in [5.74, 6) is 0.534. The number of hydrogen-bond donors (Lipinski definition) is 0. The number of rotatable bonds is 2. The molecule has 0 N–H and O–H groups in total. The molecule has 2 rings (SSSR count). The highest BCUT2D eigenvalue weighted by molar-refractivity contribution is 7.79. The lowest BCUT2D eigenvalue weighted by Gasteiger charge is -2.23. The molecule has 0 aliphatic rings. The fourth-order valence-electron chi connectivity index (χ4n) is 2.47. The number of aromatic nitrogens is 1. The lowest BCUT2D eigenvalue weighted by atomic mass is 10.00. The first kappa shape index (κ1) is 13.4. The summed E-state index contributed by atoms with van der Waals surface area (Å²) >= 11 is 0. The minimum absolute atomic E-state index is 0.534. The molecule has 0 saturated carbocycles. The van der Waals surface area contributed by atoms with Crippen LogP contribution in [0.2, 0.25) is 0 Å². The average Bonchev–Trinajstić information content (AvgIpc) is 2.25. The molecule has 2 heteroatoms. The maximum atomic E-state index is 4.47. The van der Waals surface area contributed by atoms with Gasteiger partial charge in [-0.2, -0.15) is 0 Å². The van der Waals surface area contributed by atoms with Crippen molar-refractivity contribution in [3.63, 3.8) is 0 Å². The van der Waals surface area contributed by atoms with E-state index in [2.05, 4.69) is 56.7 Å². The van der Waals surface area contributed by atoms with Crippen molar-refractivity contribution in [3.05, 3.63) is 35.7 Å². The highest BCUT2D eigenvalue weighted by atomic mass is 31.2. The molecule has 0 unspecified atom stereocenters. The summed E-state index contributed by atoms with van der Waals surface area (Å²) in [6.45, 7) is 9.81. The van der Waals surface area contributed by atoms with Crippen LogP contribution in [0.15, 0.2) is 24.4 Å². The van der Waals surface area contributed by atoms with Crippen molar-refractivity contribution in [1.29, 1.82) is 0 Å². The van der Waals surface area contributed by atoms with E-state index in [4.69, 9.17) is 0 Å². The summed E-state index contributed by atoms with van der Waals surface area (Å²) in [6.07, 6.45) is 6.47. The lowest BCUT2D eigenvalue weighted by Crippen LogP contribution is -2.13. The highest BCUT2D eigenvalue weighted by Gasteiger charge is 2.16. The molecule has 1 nitrogen and oxygen atoms in total. The normalized spacial score (nSPS) is 12.3. The van der Waals surface area contributed by atoms with Crippen LogP contribution in [0.5, 0.6) is 0 Å². The van der Waals surface area contributed by atoms with Crippen molar-refractivity contribution < 1.29 is 0 Å². The van der Waals surface area contributed by atoms with Gasteiger partial charge in [-0.3, -0.25) is 4.98 Å². The molecular weight excluding hydrogens is 237 g/mol. The zero-order chi connectivity index (χ0) is 13.5. The predicted molar refractivity (Wildman–Crippen MR) is 86.1 cm³/mol. The van der Waals surface area contributed by atoms with Crippen LogP contribution < -0.4 is 5.30 Å². The Morgan fingerprint density at radius 1 is 1.22 bits per heavy atom. The van der Waals surface area contributed by atoms with E-state index in [1.165, 1.54) is 21.6 Å². The van der Waals surface area contributed by atoms with Gasteiger partial charge in [-0.05, 0) is 48.5 Å². The predicted octanol–water partition coefficient (Wildman–Crippen LogP) is 4.00. The van der Waals surface area contributed by atoms with Crippen LogP contribution >= 0.6 is 6.89 Å². The van der Waals surface area contributed by atoms with Crippen LogP contribution in [0.25, 0.3) is 10.8 Å². The van der Waals surface area contributed by atoms with E-state index < -0.39 is 6.89 Å². The lowest BCUT2D eigenvalue weighted by molar-refractivity contribution is 0.875. The van der Waals surface area contributed by atoms with E-state index in [-0.39, 0.29) is 0 Å². The largest absolute Gasteiger partial charge is 0.261 e. The molecule has 0 radical (unpaired) electrons. The molecule has 0 aliphatic carbocycles. The maximum absolute atomic E-state index is 4.47. The molecule has 1 aromatic carbocycles. The van der Waals surface area contributed by atoms with Crippen LogP contribution in [-0.4, -0.2) is 24.6 Å². The first-order chi connectivity index (χ1) is 8.30. The molecule has 18 heavy (non-hydrogen) atoms. The van der Waals surface area contributed by atoms with Gasteiger partial charge in [0.15, 0.2) is 0 Å². The second-order valence-electron chi connectivity index (χ2n) is 5.89. The quantitative estimate of drug-likeness (QED) is 0.743. The highest BCUT2D eigenvalue weighted by Crippen LogP contribution is 2.40. The summed E-state index contributed by atoms with van der Waals surface area (Å²) in [5, 5.41) is 4.03. The van der Waals surface area contributed by atoms with Crippen molar-refractivity contribution >= 4 is 29.3 Å². The van der Waals surface area contributed by atoms with Crippen molar-refractivity contribution in [2.75, 3.05) is 13.3 Å². The van der Waals surface area contributed by atoms with Crippen molar-refractivity contribution in [2.45, 2.75) is 26.7 Å². The summed E-state index contributed by atoms with van der Waals surface area (Å²) < 4.78 is 0. The minimum atomic E-state index is -1.31. The van der Waals surface area contributed by atoms with Crippen LogP contribution in [0.3, 0.4) is 0 Å². The monoisotopic (exact) mass is 259 g/mol. The van der Waals surface area contributed by atoms with Gasteiger partial charge in [0.2, 0.25) is 0 Å². The molecule has 96 valence electrons. The molecule has 0 saturated heterocycles. The number of benzene rings is 1. The summed E-state index contributed by atoms with van der Waals surface area (Å²) in [7, 11) is 0. The summed E-state index contributed by atoms with van der Waals surface area (Å²) in [5.41, 5.74) is 2.51. The van der Waals surface area contributed by atoms with Gasteiger partial charge < -0.3 is 0 Å². The van der Waals surface area contributed by atoms with Gasteiger partial charge in [0.25, 0.3) is 0 Å². The maximum Gasteiger partial charge on any atom is 0.0379 e. The van der Waals surface area contributed by atoms with Crippen molar-refractivity contribution in [1.82, 2.24) is 4.98 Å². The van der Waals surface area contributed by atoms with Crippen LogP contribution in [0.1, 0.15) is 31.0 Å². The van der Waals surface area contributed by atoms with Crippen LogP contribution in [-0.2, 0) is 0 Å². The Morgan fingerprint density at radius 3 is 2.44 bits per heavy atom. The third kappa shape index (κ3) is 2.37. The zero-order valence-electron chi connectivity index (χ0n) is 12.0. The van der Waals surface area contributed by atoms with E-state index >= 15 is 0 Å². The third-order valence-electron chi connectivity index (χ3n) is 3.27. The number of fused-ring (bicyclic) bond motifs is 1. The third-order valence-corrected chi connectivity index (χ3v) is 4.98. The van der Waals surface area contributed by atoms with Gasteiger partial charge in [-0.1, -0.05) is 39.2 Å². The number of aryl methyl sites for hydroxylation is 1. The Bertz CT molecular complexity index is 635. The van der Waals surface area contributed by atoms with E-state index in [1.807, 2.05) is 13.1 Å². The molecule has 1 aromatic heterocycles. The zero-order valence-corrected chi connectivity index (χ0v) is 12.9. The van der Waals surface area contributed by atoms with Gasteiger partial charge in [0, 0.05) is 17.3 Å². The number of nitrogens with zero attached hydrogens (tertiary/aromatic N) is 1. The molecule has 0 bridgehead atoms. The number of pyridine rings is 1. The summed E-state index contributed by atoms with van der Waals surface area (Å²) in [4.78, 5) is 4.47. The Hall–Kier alpha value is -1.07. The van der Waals surface area contributed by atoms with Gasteiger partial charge in [-0.15, -0.1) is 0 Å².